The highest BCUT2D eigenvalue weighted by atomic mass is 35.5. The van der Waals surface area contributed by atoms with E-state index in [4.69, 9.17) is 11.6 Å². The quantitative estimate of drug-likeness (QED) is 0.413. The summed E-state index contributed by atoms with van der Waals surface area (Å²) in [7, 11) is 0. The number of aromatic hydroxyl groups is 2. The van der Waals surface area contributed by atoms with Gasteiger partial charge in [-0.15, -0.1) is 0 Å². The number of rotatable bonds is 5. The van der Waals surface area contributed by atoms with Crippen molar-refractivity contribution in [2.24, 2.45) is 0 Å². The van der Waals surface area contributed by atoms with E-state index < -0.39 is 10.9 Å². The second-order valence-electron chi connectivity index (χ2n) is 5.66. The van der Waals surface area contributed by atoms with Crippen molar-refractivity contribution >= 4 is 28.7 Å². The zero-order valence-electron chi connectivity index (χ0n) is 13.2. The van der Waals surface area contributed by atoms with E-state index in [1.807, 2.05) is 6.92 Å². The molecule has 25 heavy (non-hydrogen) atoms. The number of benzene rings is 2. The lowest BCUT2D eigenvalue weighted by Crippen LogP contribution is -2.37. The molecule has 7 heteroatoms. The van der Waals surface area contributed by atoms with Crippen LogP contribution in [0.1, 0.15) is 18.5 Å². The van der Waals surface area contributed by atoms with Gasteiger partial charge in [0.15, 0.2) is 0 Å². The third-order valence-corrected chi connectivity index (χ3v) is 4.16. The largest absolute Gasteiger partial charge is 0.508 e. The number of halogens is 1. The van der Waals surface area contributed by atoms with Gasteiger partial charge in [-0.05, 0) is 42.8 Å². The molecule has 1 unspecified atom stereocenters. The van der Waals surface area contributed by atoms with Gasteiger partial charge >= 0.3 is 0 Å². The first-order valence-electron chi connectivity index (χ1n) is 7.51. The smallest absolute Gasteiger partial charge is 0.253 e. The summed E-state index contributed by atoms with van der Waals surface area (Å²) in [6.07, 6.45) is 0. The standard InChI is InChI=1S/C18H15ClN2O4/c1-9(10-3-2-4-12(22)7-10)20-15-16(18(25)17(15)24)21-11-5-6-14(23)13(19)8-11/h2-9,20-23H,1H3. The van der Waals surface area contributed by atoms with Gasteiger partial charge < -0.3 is 20.8 Å². The minimum atomic E-state index is -0.630. The summed E-state index contributed by atoms with van der Waals surface area (Å²) in [5.74, 6) is 0.0429. The van der Waals surface area contributed by atoms with Crippen molar-refractivity contribution in [2.45, 2.75) is 13.0 Å². The monoisotopic (exact) mass is 358 g/mol. The SMILES string of the molecule is CC(Nc1c(Nc2ccc(O)c(Cl)c2)c(=O)c1=O)c1cccc(O)c1. The average Bonchev–Trinajstić information content (AvgIpc) is 2.60. The number of nitrogens with one attached hydrogen (secondary N) is 2. The third-order valence-electron chi connectivity index (χ3n) is 3.86. The molecule has 0 aliphatic carbocycles. The van der Waals surface area contributed by atoms with Crippen LogP contribution in [0.2, 0.25) is 5.02 Å². The second kappa shape index (κ2) is 6.49. The van der Waals surface area contributed by atoms with E-state index in [0.29, 0.717) is 5.69 Å². The van der Waals surface area contributed by atoms with E-state index >= 15 is 0 Å². The molecule has 0 spiro atoms. The fourth-order valence-electron chi connectivity index (χ4n) is 2.47. The van der Waals surface area contributed by atoms with Crippen LogP contribution in [0.25, 0.3) is 0 Å². The van der Waals surface area contributed by atoms with Gasteiger partial charge in [-0.2, -0.15) is 0 Å². The van der Waals surface area contributed by atoms with Gasteiger partial charge in [0.2, 0.25) is 0 Å². The van der Waals surface area contributed by atoms with Crippen molar-refractivity contribution in [3.8, 4) is 11.5 Å². The van der Waals surface area contributed by atoms with E-state index in [1.54, 1.807) is 30.3 Å². The van der Waals surface area contributed by atoms with Gasteiger partial charge in [-0.25, -0.2) is 0 Å². The number of hydrogen-bond acceptors (Lipinski definition) is 6. The molecule has 128 valence electrons. The number of phenols is 2. The molecule has 1 atom stereocenters. The van der Waals surface area contributed by atoms with Crippen LogP contribution < -0.4 is 21.5 Å². The number of anilines is 3. The van der Waals surface area contributed by atoms with E-state index in [2.05, 4.69) is 10.6 Å². The molecule has 0 heterocycles. The Bertz CT molecular complexity index is 1010. The Morgan fingerprint density at radius 2 is 1.72 bits per heavy atom. The fourth-order valence-corrected chi connectivity index (χ4v) is 2.65. The third kappa shape index (κ3) is 3.29. The van der Waals surface area contributed by atoms with Gasteiger partial charge in [0, 0.05) is 11.7 Å². The normalized spacial score (nSPS) is 12.1. The lowest BCUT2D eigenvalue weighted by molar-refractivity contribution is 0.474. The second-order valence-corrected chi connectivity index (χ2v) is 6.07. The Balaban J connectivity index is 1.84. The molecule has 0 aliphatic rings. The van der Waals surface area contributed by atoms with Crippen LogP contribution in [0.4, 0.5) is 17.1 Å². The molecule has 4 N–H and O–H groups in total. The Labute approximate surface area is 148 Å². The molecule has 0 saturated carbocycles. The van der Waals surface area contributed by atoms with Gasteiger partial charge in [-0.1, -0.05) is 23.7 Å². The molecule has 3 rings (SSSR count). The highest BCUT2D eigenvalue weighted by molar-refractivity contribution is 6.32. The van der Waals surface area contributed by atoms with E-state index in [-0.39, 0.29) is 33.9 Å². The van der Waals surface area contributed by atoms with Gasteiger partial charge in [0.25, 0.3) is 10.9 Å². The molecular formula is C18H15ClN2O4. The molecule has 0 bridgehead atoms. The Hall–Kier alpha value is -2.99. The van der Waals surface area contributed by atoms with Crippen molar-refractivity contribution in [1.82, 2.24) is 0 Å². The predicted molar refractivity (Wildman–Crippen MR) is 97.9 cm³/mol. The van der Waals surface area contributed by atoms with Crippen LogP contribution >= 0.6 is 11.6 Å². The zero-order chi connectivity index (χ0) is 18.1. The van der Waals surface area contributed by atoms with E-state index in [9.17, 15) is 19.8 Å². The van der Waals surface area contributed by atoms with Crippen LogP contribution in [-0.2, 0) is 0 Å². The van der Waals surface area contributed by atoms with Crippen molar-refractivity contribution < 1.29 is 10.2 Å². The first-order valence-corrected chi connectivity index (χ1v) is 7.89. The molecule has 0 radical (unpaired) electrons. The highest BCUT2D eigenvalue weighted by Crippen LogP contribution is 2.30. The van der Waals surface area contributed by atoms with Gasteiger partial charge in [0.1, 0.15) is 22.9 Å². The van der Waals surface area contributed by atoms with Crippen molar-refractivity contribution in [3.63, 3.8) is 0 Å². The highest BCUT2D eigenvalue weighted by Gasteiger charge is 2.23. The molecular weight excluding hydrogens is 344 g/mol. The van der Waals surface area contributed by atoms with Gasteiger partial charge in [-0.3, -0.25) is 9.59 Å². The molecule has 0 aromatic heterocycles. The van der Waals surface area contributed by atoms with Crippen molar-refractivity contribution in [2.75, 3.05) is 10.6 Å². The van der Waals surface area contributed by atoms with Crippen LogP contribution in [0.3, 0.4) is 0 Å². The summed E-state index contributed by atoms with van der Waals surface area (Å²) < 4.78 is 0. The molecule has 3 aromatic carbocycles. The minimum absolute atomic E-state index is 0.0759. The predicted octanol–water partition coefficient (Wildman–Crippen LogP) is 3.26. The summed E-state index contributed by atoms with van der Waals surface area (Å²) in [5, 5.41) is 25.0. The van der Waals surface area contributed by atoms with E-state index in [1.165, 1.54) is 12.1 Å². The van der Waals surface area contributed by atoms with Crippen LogP contribution in [0, 0.1) is 0 Å². The molecule has 6 nitrogen and oxygen atoms in total. The summed E-state index contributed by atoms with van der Waals surface area (Å²) in [5.41, 5.74) is 0.313. The van der Waals surface area contributed by atoms with Crippen LogP contribution in [0.5, 0.6) is 11.5 Å². The maximum Gasteiger partial charge on any atom is 0.253 e. The lowest BCUT2D eigenvalue weighted by atomic mass is 10.1. The molecule has 3 aromatic rings. The topological polar surface area (TPSA) is 98.7 Å². The molecule has 0 amide bonds. The van der Waals surface area contributed by atoms with Crippen molar-refractivity contribution in [1.29, 1.82) is 0 Å². The maximum atomic E-state index is 11.9. The molecule has 0 aliphatic heterocycles. The molecule has 0 saturated heterocycles. The van der Waals surface area contributed by atoms with Crippen molar-refractivity contribution in [3.05, 3.63) is 73.5 Å². The first-order chi connectivity index (χ1) is 11.9. The van der Waals surface area contributed by atoms with E-state index in [0.717, 1.165) is 5.56 Å². The molecule has 0 fully saturated rings. The Morgan fingerprint density at radius 3 is 2.40 bits per heavy atom. The minimum Gasteiger partial charge on any atom is -0.508 e. The summed E-state index contributed by atoms with van der Waals surface area (Å²) in [4.78, 5) is 23.8. The Kier molecular flexibility index (Phi) is 4.37. The van der Waals surface area contributed by atoms with Crippen LogP contribution in [-0.4, -0.2) is 10.2 Å². The van der Waals surface area contributed by atoms with Crippen LogP contribution in [0.15, 0.2) is 52.1 Å². The lowest BCUT2D eigenvalue weighted by Gasteiger charge is -2.20. The van der Waals surface area contributed by atoms with Gasteiger partial charge in [0.05, 0.1) is 5.02 Å². The summed E-state index contributed by atoms with van der Waals surface area (Å²) in [6.45, 7) is 1.81. The summed E-state index contributed by atoms with van der Waals surface area (Å²) in [6, 6.07) is 10.7. The zero-order valence-corrected chi connectivity index (χ0v) is 14.0. The summed E-state index contributed by atoms with van der Waals surface area (Å²) >= 11 is 5.84. The average molecular weight is 359 g/mol. The number of hydrogen-bond donors (Lipinski definition) is 4. The fraction of sp³-hybridized carbons (Fsp3) is 0.111. The first kappa shape index (κ1) is 16.9. The number of phenolic OH excluding ortho intramolecular Hbond substituents is 2. The Morgan fingerprint density at radius 1 is 1.00 bits per heavy atom. The maximum absolute atomic E-state index is 11.9.